The number of carbonyl (C=O) groups is 1. The first-order chi connectivity index (χ1) is 12.1. The van der Waals surface area contributed by atoms with E-state index in [0.29, 0.717) is 30.0 Å². The van der Waals surface area contributed by atoms with E-state index in [2.05, 4.69) is 11.9 Å². The van der Waals surface area contributed by atoms with E-state index in [9.17, 15) is 4.79 Å². The fraction of sp³-hybridized carbons (Fsp3) is 0.250. The zero-order valence-corrected chi connectivity index (χ0v) is 14.6. The topological polar surface area (TPSA) is 73.6 Å². The normalized spacial score (nSPS) is 11.5. The Morgan fingerprint density at radius 1 is 1.24 bits per heavy atom. The number of nitrogens with one attached hydrogen (secondary N) is 1. The smallest absolute Gasteiger partial charge is 0.251 e. The Morgan fingerprint density at radius 3 is 2.56 bits per heavy atom. The van der Waals surface area contributed by atoms with Crippen LogP contribution in [0.2, 0.25) is 0 Å². The SMILES string of the molecule is C=CCc1cc(C(=O)NCC(N)c2ccccc2)cc(OC)c1OC. The number of hydrogen-bond acceptors (Lipinski definition) is 4. The number of benzene rings is 2. The molecule has 3 N–H and O–H groups in total. The van der Waals surface area contributed by atoms with E-state index in [1.807, 2.05) is 30.3 Å². The summed E-state index contributed by atoms with van der Waals surface area (Å²) in [4.78, 5) is 12.5. The van der Waals surface area contributed by atoms with Gasteiger partial charge in [0.15, 0.2) is 11.5 Å². The number of rotatable bonds is 8. The van der Waals surface area contributed by atoms with E-state index in [-0.39, 0.29) is 11.9 Å². The van der Waals surface area contributed by atoms with Crippen LogP contribution in [0.3, 0.4) is 0 Å². The number of carbonyl (C=O) groups excluding carboxylic acids is 1. The third kappa shape index (κ3) is 4.61. The van der Waals surface area contributed by atoms with Gasteiger partial charge in [-0.3, -0.25) is 4.79 Å². The van der Waals surface area contributed by atoms with Crippen LogP contribution in [0.4, 0.5) is 0 Å². The molecule has 0 aliphatic rings. The molecule has 0 aliphatic carbocycles. The lowest BCUT2D eigenvalue weighted by atomic mass is 10.0. The minimum atomic E-state index is -0.266. The summed E-state index contributed by atoms with van der Waals surface area (Å²) >= 11 is 0. The first-order valence-electron chi connectivity index (χ1n) is 8.05. The number of amides is 1. The monoisotopic (exact) mass is 340 g/mol. The largest absolute Gasteiger partial charge is 0.493 e. The maximum atomic E-state index is 12.5. The summed E-state index contributed by atoms with van der Waals surface area (Å²) in [6.07, 6.45) is 2.33. The molecular weight excluding hydrogens is 316 g/mol. The highest BCUT2D eigenvalue weighted by Crippen LogP contribution is 2.33. The van der Waals surface area contributed by atoms with E-state index in [4.69, 9.17) is 15.2 Å². The number of ether oxygens (including phenoxy) is 2. The second-order valence-corrected chi connectivity index (χ2v) is 5.59. The van der Waals surface area contributed by atoms with Crippen molar-refractivity contribution in [1.29, 1.82) is 0 Å². The molecule has 0 saturated carbocycles. The van der Waals surface area contributed by atoms with Crippen LogP contribution in [0.5, 0.6) is 11.5 Å². The van der Waals surface area contributed by atoms with Crippen molar-refractivity contribution in [2.75, 3.05) is 20.8 Å². The Kier molecular flexibility index (Phi) is 6.60. The Bertz CT molecular complexity index is 729. The van der Waals surface area contributed by atoms with Crippen LogP contribution in [0, 0.1) is 0 Å². The lowest BCUT2D eigenvalue weighted by Gasteiger charge is -2.16. The minimum Gasteiger partial charge on any atom is -0.493 e. The zero-order chi connectivity index (χ0) is 18.2. The molecule has 5 nitrogen and oxygen atoms in total. The average molecular weight is 340 g/mol. The van der Waals surface area contributed by atoms with Crippen LogP contribution in [0.1, 0.15) is 27.5 Å². The highest BCUT2D eigenvalue weighted by atomic mass is 16.5. The van der Waals surface area contributed by atoms with Gasteiger partial charge in [0.05, 0.1) is 14.2 Å². The Balaban J connectivity index is 2.15. The van der Waals surface area contributed by atoms with E-state index < -0.39 is 0 Å². The van der Waals surface area contributed by atoms with Gasteiger partial charge in [-0.1, -0.05) is 36.4 Å². The van der Waals surface area contributed by atoms with Gasteiger partial charge in [-0.25, -0.2) is 0 Å². The summed E-state index contributed by atoms with van der Waals surface area (Å²) < 4.78 is 10.7. The predicted molar refractivity (Wildman–Crippen MR) is 99.2 cm³/mol. The van der Waals surface area contributed by atoms with Crippen molar-refractivity contribution in [3.63, 3.8) is 0 Å². The van der Waals surface area contributed by atoms with Crippen molar-refractivity contribution in [2.24, 2.45) is 5.73 Å². The van der Waals surface area contributed by atoms with E-state index in [1.54, 1.807) is 32.4 Å². The molecule has 5 heteroatoms. The lowest BCUT2D eigenvalue weighted by Crippen LogP contribution is -2.32. The zero-order valence-electron chi connectivity index (χ0n) is 14.6. The van der Waals surface area contributed by atoms with Gasteiger partial charge in [-0.05, 0) is 24.1 Å². The summed E-state index contributed by atoms with van der Waals surface area (Å²) in [5.74, 6) is 0.914. The van der Waals surface area contributed by atoms with Crippen molar-refractivity contribution in [3.05, 3.63) is 71.8 Å². The Hall–Kier alpha value is -2.79. The Morgan fingerprint density at radius 2 is 1.96 bits per heavy atom. The summed E-state index contributed by atoms with van der Waals surface area (Å²) in [5, 5.41) is 2.87. The van der Waals surface area contributed by atoms with Gasteiger partial charge in [0.25, 0.3) is 5.91 Å². The van der Waals surface area contributed by atoms with Gasteiger partial charge in [0.2, 0.25) is 0 Å². The van der Waals surface area contributed by atoms with Crippen LogP contribution in [0.15, 0.2) is 55.1 Å². The van der Waals surface area contributed by atoms with E-state index >= 15 is 0 Å². The molecule has 0 fully saturated rings. The maximum Gasteiger partial charge on any atom is 0.251 e. The highest BCUT2D eigenvalue weighted by Gasteiger charge is 2.16. The van der Waals surface area contributed by atoms with Crippen LogP contribution in [-0.2, 0) is 6.42 Å². The van der Waals surface area contributed by atoms with Gasteiger partial charge in [0.1, 0.15) is 0 Å². The molecule has 2 aromatic rings. The van der Waals surface area contributed by atoms with Gasteiger partial charge >= 0.3 is 0 Å². The second-order valence-electron chi connectivity index (χ2n) is 5.59. The molecule has 0 bridgehead atoms. The molecule has 0 aliphatic heterocycles. The fourth-order valence-electron chi connectivity index (χ4n) is 2.60. The quantitative estimate of drug-likeness (QED) is 0.725. The molecule has 132 valence electrons. The first kappa shape index (κ1) is 18.5. The van der Waals surface area contributed by atoms with Crippen LogP contribution in [0.25, 0.3) is 0 Å². The summed E-state index contributed by atoms with van der Waals surface area (Å²) in [6.45, 7) is 4.08. The number of hydrogen-bond donors (Lipinski definition) is 2. The molecule has 0 radical (unpaired) electrons. The van der Waals surface area contributed by atoms with Gasteiger partial charge in [-0.15, -0.1) is 6.58 Å². The first-order valence-corrected chi connectivity index (χ1v) is 8.05. The van der Waals surface area contributed by atoms with Gasteiger partial charge in [0, 0.05) is 23.7 Å². The van der Waals surface area contributed by atoms with Crippen LogP contribution >= 0.6 is 0 Å². The maximum absolute atomic E-state index is 12.5. The van der Waals surface area contributed by atoms with Gasteiger partial charge < -0.3 is 20.5 Å². The van der Waals surface area contributed by atoms with Crippen LogP contribution < -0.4 is 20.5 Å². The molecular formula is C20H24N2O3. The Labute approximate surface area is 148 Å². The van der Waals surface area contributed by atoms with Crippen molar-refractivity contribution < 1.29 is 14.3 Å². The lowest BCUT2D eigenvalue weighted by molar-refractivity contribution is 0.0950. The van der Waals surface area contributed by atoms with Crippen LogP contribution in [-0.4, -0.2) is 26.7 Å². The van der Waals surface area contributed by atoms with Crippen molar-refractivity contribution in [2.45, 2.75) is 12.5 Å². The van der Waals surface area contributed by atoms with Crippen molar-refractivity contribution >= 4 is 5.91 Å². The summed E-state index contributed by atoms with van der Waals surface area (Å²) in [7, 11) is 3.12. The summed E-state index contributed by atoms with van der Waals surface area (Å²) in [5.41, 5.74) is 8.44. The molecule has 0 heterocycles. The molecule has 0 saturated heterocycles. The van der Waals surface area contributed by atoms with Gasteiger partial charge in [-0.2, -0.15) is 0 Å². The molecule has 0 spiro atoms. The third-order valence-corrected chi connectivity index (χ3v) is 3.89. The highest BCUT2D eigenvalue weighted by molar-refractivity contribution is 5.95. The van der Waals surface area contributed by atoms with E-state index in [0.717, 1.165) is 11.1 Å². The summed E-state index contributed by atoms with van der Waals surface area (Å²) in [6, 6.07) is 12.8. The number of nitrogens with two attached hydrogens (primary N) is 1. The molecule has 1 amide bonds. The van der Waals surface area contributed by atoms with Crippen molar-refractivity contribution in [3.8, 4) is 11.5 Å². The third-order valence-electron chi connectivity index (χ3n) is 3.89. The fourth-order valence-corrected chi connectivity index (χ4v) is 2.60. The van der Waals surface area contributed by atoms with E-state index in [1.165, 1.54) is 0 Å². The molecule has 0 aromatic heterocycles. The number of methoxy groups -OCH3 is 2. The van der Waals surface area contributed by atoms with Crippen molar-refractivity contribution in [1.82, 2.24) is 5.32 Å². The molecule has 25 heavy (non-hydrogen) atoms. The number of allylic oxidation sites excluding steroid dienone is 1. The average Bonchev–Trinajstić information content (AvgIpc) is 2.66. The molecule has 1 atom stereocenters. The molecule has 2 rings (SSSR count). The standard InChI is InChI=1S/C20H24N2O3/c1-4-8-15-11-16(12-18(24-2)19(15)25-3)20(23)22-13-17(21)14-9-6-5-7-10-14/h4-7,9-12,17H,1,8,13,21H2,2-3H3,(H,22,23). The predicted octanol–water partition coefficient (Wildman–Crippen LogP) is 2.86. The minimum absolute atomic E-state index is 0.211. The molecule has 2 aromatic carbocycles. The second kappa shape index (κ2) is 8.89. The molecule has 1 unspecified atom stereocenters.